The minimum atomic E-state index is -3.13. The van der Waals surface area contributed by atoms with Crippen molar-refractivity contribution in [2.45, 2.75) is 65.5 Å². The first-order valence-corrected chi connectivity index (χ1v) is 12.9. The lowest BCUT2D eigenvalue weighted by atomic mass is 10.2. The van der Waals surface area contributed by atoms with Gasteiger partial charge in [-0.15, -0.1) is 0 Å². The van der Waals surface area contributed by atoms with E-state index in [4.69, 9.17) is 29.8 Å². The summed E-state index contributed by atoms with van der Waals surface area (Å²) < 4.78 is 35.0. The van der Waals surface area contributed by atoms with Crippen LogP contribution in [0.5, 0.6) is 0 Å². The lowest BCUT2D eigenvalue weighted by Crippen LogP contribution is -2.44. The average Bonchev–Trinajstić information content (AvgIpc) is 2.37. The van der Waals surface area contributed by atoms with Gasteiger partial charge in [0, 0.05) is 12.6 Å². The Bertz CT molecular complexity index is 360. The second-order valence-corrected chi connectivity index (χ2v) is 13.9. The van der Waals surface area contributed by atoms with Crippen LogP contribution in [0.3, 0.4) is 0 Å². The van der Waals surface area contributed by atoms with E-state index in [0.717, 1.165) is 0 Å². The summed E-state index contributed by atoms with van der Waals surface area (Å²) >= 11 is 5.53. The first-order chi connectivity index (χ1) is 10.0. The van der Waals surface area contributed by atoms with Gasteiger partial charge in [0.25, 0.3) is 0 Å². The third kappa shape index (κ3) is 7.91. The molecule has 0 bridgehead atoms. The summed E-state index contributed by atoms with van der Waals surface area (Å²) in [6.07, 6.45) is 0.173. The van der Waals surface area contributed by atoms with E-state index in [9.17, 15) is 4.57 Å². The average molecular weight is 375 g/mol. The van der Waals surface area contributed by atoms with Crippen LogP contribution in [-0.2, 0) is 22.8 Å². The molecule has 8 heteroatoms. The summed E-state index contributed by atoms with van der Waals surface area (Å²) in [5, 5.41) is 0.0315. The number of ether oxygens (including phenoxy) is 1. The van der Waals surface area contributed by atoms with Gasteiger partial charge in [-0.3, -0.25) is 9.09 Å². The second-order valence-electron chi connectivity index (χ2n) is 6.56. The van der Waals surface area contributed by atoms with Crippen molar-refractivity contribution in [2.24, 2.45) is 0 Å². The number of halogens is 1. The Hall–Kier alpha value is 0.577. The molecule has 0 N–H and O–H groups in total. The molecule has 0 aliphatic heterocycles. The largest absolute Gasteiger partial charge is 0.392 e. The number of hydrogen-bond donors (Lipinski definition) is 0. The van der Waals surface area contributed by atoms with E-state index < -0.39 is 22.2 Å². The first-order valence-electron chi connectivity index (χ1n) is 7.75. The van der Waals surface area contributed by atoms with E-state index in [1.54, 1.807) is 13.8 Å². The second kappa shape index (κ2) is 9.77. The Labute approximate surface area is 141 Å². The Kier molecular flexibility index (Phi) is 10.0. The maximum absolute atomic E-state index is 12.6. The SMILES string of the molecule is CCOP(=O)(CC)OC(CCOCCl)O[Si](C)(C)C(C)(C)C. The molecule has 0 heterocycles. The van der Waals surface area contributed by atoms with Crippen LogP contribution in [0.2, 0.25) is 18.1 Å². The summed E-state index contributed by atoms with van der Waals surface area (Å²) in [5.41, 5.74) is 0. The van der Waals surface area contributed by atoms with Gasteiger partial charge in [-0.05, 0) is 25.1 Å². The van der Waals surface area contributed by atoms with Crippen molar-refractivity contribution >= 4 is 27.5 Å². The molecule has 0 saturated carbocycles. The Balaban J connectivity index is 5.00. The summed E-state index contributed by atoms with van der Waals surface area (Å²) in [4.78, 5) is 0. The van der Waals surface area contributed by atoms with Gasteiger partial charge in [0.2, 0.25) is 0 Å². The van der Waals surface area contributed by atoms with E-state index >= 15 is 0 Å². The molecular formula is C14H32ClO5PSi. The molecule has 2 atom stereocenters. The van der Waals surface area contributed by atoms with Crippen LogP contribution >= 0.6 is 19.2 Å². The van der Waals surface area contributed by atoms with Crippen molar-refractivity contribution in [2.75, 3.05) is 25.4 Å². The summed E-state index contributed by atoms with van der Waals surface area (Å²) in [6, 6.07) is 0.115. The zero-order valence-electron chi connectivity index (χ0n) is 15.0. The zero-order chi connectivity index (χ0) is 17.4. The van der Waals surface area contributed by atoms with E-state index in [1.807, 2.05) is 0 Å². The number of rotatable bonds is 11. The molecule has 0 spiro atoms. The zero-order valence-corrected chi connectivity index (χ0v) is 17.6. The fourth-order valence-corrected chi connectivity index (χ4v) is 4.10. The quantitative estimate of drug-likeness (QED) is 0.163. The molecule has 0 aromatic heterocycles. The number of hydrogen-bond acceptors (Lipinski definition) is 5. The van der Waals surface area contributed by atoms with Gasteiger partial charge < -0.3 is 13.7 Å². The summed E-state index contributed by atoms with van der Waals surface area (Å²) in [5.74, 6) is 0. The van der Waals surface area contributed by atoms with Crippen molar-refractivity contribution in [3.8, 4) is 0 Å². The summed E-state index contributed by atoms with van der Waals surface area (Å²) in [7, 11) is -5.19. The fourth-order valence-electron chi connectivity index (χ4n) is 1.44. The summed E-state index contributed by atoms with van der Waals surface area (Å²) in [6.45, 7) is 15.0. The highest BCUT2D eigenvalue weighted by atomic mass is 35.5. The maximum Gasteiger partial charge on any atom is 0.332 e. The van der Waals surface area contributed by atoms with Crippen molar-refractivity contribution in [3.05, 3.63) is 0 Å². The molecule has 134 valence electrons. The molecule has 22 heavy (non-hydrogen) atoms. The lowest BCUT2D eigenvalue weighted by Gasteiger charge is -2.39. The molecule has 0 aliphatic carbocycles. The van der Waals surface area contributed by atoms with Crippen LogP contribution < -0.4 is 0 Å². The van der Waals surface area contributed by atoms with Crippen molar-refractivity contribution < 1.29 is 22.8 Å². The van der Waals surface area contributed by atoms with E-state index in [0.29, 0.717) is 25.8 Å². The molecule has 2 unspecified atom stereocenters. The molecule has 0 fully saturated rings. The van der Waals surface area contributed by atoms with Crippen LogP contribution in [0.25, 0.3) is 0 Å². The third-order valence-corrected chi connectivity index (χ3v) is 10.4. The van der Waals surface area contributed by atoms with Gasteiger partial charge in [-0.1, -0.05) is 39.3 Å². The van der Waals surface area contributed by atoms with Gasteiger partial charge in [0.15, 0.2) is 14.6 Å². The third-order valence-electron chi connectivity index (χ3n) is 3.80. The standard InChI is InChI=1S/C14H32ClO5PSi/c1-8-18-21(16,9-2)19-13(10-11-17-12-15)20-22(6,7)14(3,4)5/h13H,8-12H2,1-7H3. The van der Waals surface area contributed by atoms with Crippen molar-refractivity contribution in [3.63, 3.8) is 0 Å². The van der Waals surface area contributed by atoms with E-state index in [2.05, 4.69) is 33.9 Å². The smallest absolute Gasteiger partial charge is 0.332 e. The maximum atomic E-state index is 12.6. The lowest BCUT2D eigenvalue weighted by molar-refractivity contribution is -0.0368. The van der Waals surface area contributed by atoms with Gasteiger partial charge in [-0.25, -0.2) is 0 Å². The fraction of sp³-hybridized carbons (Fsp3) is 1.00. The predicted molar refractivity (Wildman–Crippen MR) is 94.2 cm³/mol. The first kappa shape index (κ1) is 22.6. The number of alkyl halides is 1. The van der Waals surface area contributed by atoms with Gasteiger partial charge in [0.1, 0.15) is 6.07 Å². The highest BCUT2D eigenvalue weighted by Gasteiger charge is 2.41. The van der Waals surface area contributed by atoms with E-state index in [1.165, 1.54) is 0 Å². The van der Waals surface area contributed by atoms with Crippen LogP contribution in [0.15, 0.2) is 0 Å². The normalized spacial score (nSPS) is 17.3. The minimum absolute atomic E-state index is 0.0315. The molecule has 0 aromatic carbocycles. The highest BCUT2D eigenvalue weighted by Crippen LogP contribution is 2.50. The van der Waals surface area contributed by atoms with Crippen LogP contribution in [-0.4, -0.2) is 40.0 Å². The molecule has 0 aliphatic rings. The van der Waals surface area contributed by atoms with Crippen molar-refractivity contribution in [1.29, 1.82) is 0 Å². The predicted octanol–water partition coefficient (Wildman–Crippen LogP) is 5.20. The Morgan fingerprint density at radius 2 is 1.82 bits per heavy atom. The van der Waals surface area contributed by atoms with Crippen LogP contribution in [0.4, 0.5) is 0 Å². The molecule has 0 radical (unpaired) electrons. The molecular weight excluding hydrogens is 343 g/mol. The molecule has 0 amide bonds. The molecule has 0 aromatic rings. The Morgan fingerprint density at radius 3 is 2.23 bits per heavy atom. The van der Waals surface area contributed by atoms with E-state index in [-0.39, 0.29) is 11.1 Å². The topological polar surface area (TPSA) is 54.0 Å². The minimum Gasteiger partial charge on any atom is -0.392 e. The van der Waals surface area contributed by atoms with Gasteiger partial charge in [0.05, 0.1) is 13.2 Å². The van der Waals surface area contributed by atoms with Gasteiger partial charge in [-0.2, -0.15) is 0 Å². The van der Waals surface area contributed by atoms with Crippen molar-refractivity contribution in [1.82, 2.24) is 0 Å². The molecule has 0 rings (SSSR count). The van der Waals surface area contributed by atoms with Crippen LogP contribution in [0.1, 0.15) is 41.0 Å². The monoisotopic (exact) mass is 374 g/mol. The molecule has 0 saturated heterocycles. The Morgan fingerprint density at radius 1 is 1.23 bits per heavy atom. The highest BCUT2D eigenvalue weighted by molar-refractivity contribution is 7.53. The van der Waals surface area contributed by atoms with Crippen LogP contribution in [0, 0.1) is 0 Å². The van der Waals surface area contributed by atoms with Gasteiger partial charge >= 0.3 is 7.60 Å². The molecule has 5 nitrogen and oxygen atoms in total.